The van der Waals surface area contributed by atoms with Crippen LogP contribution in [0.3, 0.4) is 0 Å². The highest BCUT2D eigenvalue weighted by Crippen LogP contribution is 2.25. The molecule has 0 aliphatic heterocycles. The van der Waals surface area contributed by atoms with Crippen molar-refractivity contribution in [2.24, 2.45) is 0 Å². The lowest BCUT2D eigenvalue weighted by Crippen LogP contribution is -2.20. The summed E-state index contributed by atoms with van der Waals surface area (Å²) in [6.07, 6.45) is 0. The molecule has 0 fully saturated rings. The van der Waals surface area contributed by atoms with E-state index >= 15 is 0 Å². The van der Waals surface area contributed by atoms with Crippen LogP contribution in [-0.2, 0) is 6.54 Å². The molecular formula is C23H21ClN4O. The number of fused-ring (bicyclic) bond motifs is 1. The number of carbonyl (C=O) groups is 1. The second-order valence-corrected chi connectivity index (χ2v) is 7.38. The van der Waals surface area contributed by atoms with Gasteiger partial charge >= 0.3 is 6.03 Å². The molecule has 146 valence electrons. The van der Waals surface area contributed by atoms with Crippen LogP contribution in [-0.4, -0.2) is 15.8 Å². The Balaban J connectivity index is 1.53. The van der Waals surface area contributed by atoms with Crippen LogP contribution in [0.4, 0.5) is 16.2 Å². The molecule has 0 aliphatic carbocycles. The lowest BCUT2D eigenvalue weighted by molar-refractivity contribution is 0.262. The lowest BCUT2D eigenvalue weighted by Gasteiger charge is -2.11. The van der Waals surface area contributed by atoms with Gasteiger partial charge in [0.2, 0.25) is 0 Å². The quantitative estimate of drug-likeness (QED) is 0.438. The summed E-state index contributed by atoms with van der Waals surface area (Å²) in [6.45, 7) is 4.41. The molecule has 29 heavy (non-hydrogen) atoms. The van der Waals surface area contributed by atoms with Crippen molar-refractivity contribution in [3.05, 3.63) is 88.7 Å². The number of anilines is 2. The number of hydrogen-bond acceptors (Lipinski definition) is 2. The molecule has 0 atom stereocenters. The maximum absolute atomic E-state index is 12.7. The summed E-state index contributed by atoms with van der Waals surface area (Å²) in [5, 5.41) is 13.2. The smallest absolute Gasteiger partial charge is 0.307 e. The molecule has 0 aliphatic rings. The Bertz CT molecular complexity index is 1190. The molecule has 4 aromatic rings. The van der Waals surface area contributed by atoms with E-state index < -0.39 is 0 Å². The molecule has 0 unspecified atom stereocenters. The molecule has 0 saturated carbocycles. The SMILES string of the molecule is Cc1nn(Cc2cccc(Cl)c2)c(C)c1NC(=O)Nc1cccc2ccccc12. The number of amides is 2. The highest BCUT2D eigenvalue weighted by molar-refractivity contribution is 6.30. The van der Waals surface area contributed by atoms with E-state index in [1.807, 2.05) is 85.3 Å². The first-order valence-electron chi connectivity index (χ1n) is 9.35. The van der Waals surface area contributed by atoms with Gasteiger partial charge in [0.15, 0.2) is 0 Å². The summed E-state index contributed by atoms with van der Waals surface area (Å²) in [7, 11) is 0. The predicted molar refractivity (Wildman–Crippen MR) is 119 cm³/mol. The standard InChI is InChI=1S/C23H21ClN4O/c1-15-22(16(2)28(27-15)14-17-7-5-10-19(24)13-17)26-23(29)25-21-12-6-9-18-8-3-4-11-20(18)21/h3-13H,14H2,1-2H3,(H2,25,26,29). The van der Waals surface area contributed by atoms with Crippen molar-refractivity contribution < 1.29 is 4.79 Å². The van der Waals surface area contributed by atoms with E-state index in [9.17, 15) is 4.79 Å². The third kappa shape index (κ3) is 4.10. The minimum atomic E-state index is -0.296. The van der Waals surface area contributed by atoms with Gasteiger partial charge in [0.25, 0.3) is 0 Å². The number of carbonyl (C=O) groups excluding carboxylic acids is 1. The minimum absolute atomic E-state index is 0.296. The first-order chi connectivity index (χ1) is 14.0. The highest BCUT2D eigenvalue weighted by atomic mass is 35.5. The summed E-state index contributed by atoms with van der Waals surface area (Å²) < 4.78 is 1.87. The van der Waals surface area contributed by atoms with Crippen LogP contribution in [0, 0.1) is 13.8 Å². The lowest BCUT2D eigenvalue weighted by atomic mass is 10.1. The maximum atomic E-state index is 12.7. The second-order valence-electron chi connectivity index (χ2n) is 6.94. The van der Waals surface area contributed by atoms with Crippen molar-refractivity contribution in [3.8, 4) is 0 Å². The van der Waals surface area contributed by atoms with Crippen LogP contribution in [0.1, 0.15) is 17.0 Å². The fourth-order valence-electron chi connectivity index (χ4n) is 3.44. The Morgan fingerprint density at radius 3 is 2.59 bits per heavy atom. The first-order valence-corrected chi connectivity index (χ1v) is 9.73. The molecule has 0 saturated heterocycles. The third-order valence-corrected chi connectivity index (χ3v) is 5.11. The van der Waals surface area contributed by atoms with E-state index in [-0.39, 0.29) is 6.03 Å². The summed E-state index contributed by atoms with van der Waals surface area (Å²) in [6, 6.07) is 21.2. The Morgan fingerprint density at radius 1 is 1.00 bits per heavy atom. The number of nitrogens with zero attached hydrogens (tertiary/aromatic N) is 2. The minimum Gasteiger partial charge on any atom is -0.307 e. The van der Waals surface area contributed by atoms with Crippen molar-refractivity contribution in [2.75, 3.05) is 10.6 Å². The molecule has 0 spiro atoms. The molecule has 3 aromatic carbocycles. The monoisotopic (exact) mass is 404 g/mol. The fraction of sp³-hybridized carbons (Fsp3) is 0.130. The van der Waals surface area contributed by atoms with Crippen LogP contribution in [0.25, 0.3) is 10.8 Å². The van der Waals surface area contributed by atoms with Gasteiger partial charge in [-0.15, -0.1) is 0 Å². The van der Waals surface area contributed by atoms with Gasteiger partial charge in [-0.25, -0.2) is 4.79 Å². The van der Waals surface area contributed by atoms with Crippen LogP contribution in [0.5, 0.6) is 0 Å². The molecule has 6 heteroatoms. The van der Waals surface area contributed by atoms with Crippen molar-refractivity contribution in [2.45, 2.75) is 20.4 Å². The van der Waals surface area contributed by atoms with E-state index in [4.69, 9.17) is 11.6 Å². The van der Waals surface area contributed by atoms with Crippen LogP contribution in [0.15, 0.2) is 66.7 Å². The Morgan fingerprint density at radius 2 is 1.76 bits per heavy atom. The zero-order chi connectivity index (χ0) is 20.4. The average molecular weight is 405 g/mol. The Kier molecular flexibility index (Phi) is 5.23. The van der Waals surface area contributed by atoms with Gasteiger partial charge in [0, 0.05) is 10.4 Å². The third-order valence-electron chi connectivity index (χ3n) is 4.88. The second kappa shape index (κ2) is 7.97. The highest BCUT2D eigenvalue weighted by Gasteiger charge is 2.15. The van der Waals surface area contributed by atoms with E-state index in [0.717, 1.165) is 33.4 Å². The van der Waals surface area contributed by atoms with E-state index in [0.29, 0.717) is 17.3 Å². The topological polar surface area (TPSA) is 59.0 Å². The number of benzene rings is 3. The van der Waals surface area contributed by atoms with Gasteiger partial charge in [-0.2, -0.15) is 5.10 Å². The summed E-state index contributed by atoms with van der Waals surface area (Å²) in [4.78, 5) is 12.7. The first kappa shape index (κ1) is 19.0. The molecular weight excluding hydrogens is 384 g/mol. The van der Waals surface area contributed by atoms with Gasteiger partial charge in [-0.3, -0.25) is 4.68 Å². The van der Waals surface area contributed by atoms with Gasteiger partial charge in [-0.1, -0.05) is 60.1 Å². The summed E-state index contributed by atoms with van der Waals surface area (Å²) in [5.74, 6) is 0. The van der Waals surface area contributed by atoms with Crippen molar-refractivity contribution in [1.29, 1.82) is 0 Å². The van der Waals surface area contributed by atoms with Crippen LogP contribution < -0.4 is 10.6 Å². The Labute approximate surface area is 174 Å². The van der Waals surface area contributed by atoms with Crippen molar-refractivity contribution in [3.63, 3.8) is 0 Å². The molecule has 2 amide bonds. The number of nitrogens with one attached hydrogen (secondary N) is 2. The molecule has 2 N–H and O–H groups in total. The number of aryl methyl sites for hydroxylation is 1. The zero-order valence-electron chi connectivity index (χ0n) is 16.2. The van der Waals surface area contributed by atoms with Crippen molar-refractivity contribution >= 4 is 39.8 Å². The molecule has 4 rings (SSSR count). The van der Waals surface area contributed by atoms with Crippen molar-refractivity contribution in [1.82, 2.24) is 9.78 Å². The van der Waals surface area contributed by atoms with Gasteiger partial charge in [-0.05, 0) is 43.0 Å². The number of rotatable bonds is 4. The maximum Gasteiger partial charge on any atom is 0.323 e. The molecule has 1 aromatic heterocycles. The molecule has 5 nitrogen and oxygen atoms in total. The normalized spacial score (nSPS) is 10.9. The summed E-state index contributed by atoms with van der Waals surface area (Å²) in [5.41, 5.74) is 4.18. The Hall–Kier alpha value is -3.31. The number of halogens is 1. The summed E-state index contributed by atoms with van der Waals surface area (Å²) >= 11 is 6.08. The van der Waals surface area contributed by atoms with Gasteiger partial charge < -0.3 is 10.6 Å². The predicted octanol–water partition coefficient (Wildman–Crippen LogP) is 6.00. The molecule has 0 bridgehead atoms. The van der Waals surface area contributed by atoms with Crippen LogP contribution in [0.2, 0.25) is 5.02 Å². The molecule has 0 radical (unpaired) electrons. The number of aromatic nitrogens is 2. The van der Waals surface area contributed by atoms with E-state index in [1.165, 1.54) is 0 Å². The fourth-order valence-corrected chi connectivity index (χ4v) is 3.65. The largest absolute Gasteiger partial charge is 0.323 e. The zero-order valence-corrected chi connectivity index (χ0v) is 17.0. The number of urea groups is 1. The molecule has 1 heterocycles. The number of hydrogen-bond donors (Lipinski definition) is 2. The van der Waals surface area contributed by atoms with Gasteiger partial charge in [0.1, 0.15) is 0 Å². The van der Waals surface area contributed by atoms with E-state index in [1.54, 1.807) is 0 Å². The average Bonchev–Trinajstić information content (AvgIpc) is 2.96. The van der Waals surface area contributed by atoms with E-state index in [2.05, 4.69) is 15.7 Å². The van der Waals surface area contributed by atoms with Gasteiger partial charge in [0.05, 0.1) is 29.3 Å². The van der Waals surface area contributed by atoms with Crippen LogP contribution >= 0.6 is 11.6 Å².